The maximum atomic E-state index is 12.6. The first-order chi connectivity index (χ1) is 12.0. The van der Waals surface area contributed by atoms with Crippen molar-refractivity contribution in [2.75, 3.05) is 24.5 Å². The number of aromatic nitrogens is 2. The van der Waals surface area contributed by atoms with Gasteiger partial charge in [-0.25, -0.2) is 4.98 Å². The molecule has 0 bridgehead atoms. The standard InChI is InChI=1S/C19H22N4O2/c1-13-3-4-15(7-14(13)2)23-11-19(8-17(23)24)5-6-22(10-19)18(25)16-9-20-12-21-16/h3-4,7,9,12H,5-6,8,10-11H2,1-2H3,(H,20,21). The van der Waals surface area contributed by atoms with Gasteiger partial charge in [0.1, 0.15) is 5.69 Å². The summed E-state index contributed by atoms with van der Waals surface area (Å²) in [7, 11) is 0. The van der Waals surface area contributed by atoms with Crippen molar-refractivity contribution in [1.29, 1.82) is 0 Å². The number of hydrogen-bond acceptors (Lipinski definition) is 3. The van der Waals surface area contributed by atoms with Crippen molar-refractivity contribution in [3.63, 3.8) is 0 Å². The summed E-state index contributed by atoms with van der Waals surface area (Å²) in [5, 5.41) is 0. The van der Waals surface area contributed by atoms with Crippen molar-refractivity contribution in [3.8, 4) is 0 Å². The van der Waals surface area contributed by atoms with Gasteiger partial charge in [0.2, 0.25) is 5.91 Å². The van der Waals surface area contributed by atoms with Gasteiger partial charge in [-0.3, -0.25) is 9.59 Å². The first-order valence-electron chi connectivity index (χ1n) is 8.63. The number of hydrogen-bond donors (Lipinski definition) is 1. The van der Waals surface area contributed by atoms with Crippen molar-refractivity contribution in [2.45, 2.75) is 26.7 Å². The number of likely N-dealkylation sites (tertiary alicyclic amines) is 1. The molecule has 0 radical (unpaired) electrons. The molecular formula is C19H22N4O2. The Balaban J connectivity index is 1.52. The third-order valence-corrected chi connectivity index (χ3v) is 5.58. The van der Waals surface area contributed by atoms with Gasteiger partial charge in [0.25, 0.3) is 5.91 Å². The van der Waals surface area contributed by atoms with E-state index in [1.165, 1.54) is 17.5 Å². The SMILES string of the molecule is Cc1ccc(N2CC3(CCN(C(=O)c4cnc[nH]4)C3)CC2=O)cc1C. The van der Waals surface area contributed by atoms with Crippen LogP contribution in [0.25, 0.3) is 0 Å². The maximum absolute atomic E-state index is 12.6. The number of aromatic amines is 1. The van der Waals surface area contributed by atoms with E-state index in [0.29, 0.717) is 31.7 Å². The Morgan fingerprint density at radius 1 is 1.24 bits per heavy atom. The van der Waals surface area contributed by atoms with Crippen molar-refractivity contribution in [3.05, 3.63) is 47.5 Å². The number of nitrogens with zero attached hydrogens (tertiary/aromatic N) is 3. The number of nitrogens with one attached hydrogen (secondary N) is 1. The lowest BCUT2D eigenvalue weighted by Crippen LogP contribution is -2.34. The van der Waals surface area contributed by atoms with Crippen molar-refractivity contribution < 1.29 is 9.59 Å². The molecule has 0 saturated carbocycles. The summed E-state index contributed by atoms with van der Waals surface area (Å²) in [5.74, 6) is 0.116. The van der Waals surface area contributed by atoms with Gasteiger partial charge < -0.3 is 14.8 Å². The number of H-pyrrole nitrogens is 1. The highest BCUT2D eigenvalue weighted by Gasteiger charge is 2.49. The minimum Gasteiger partial charge on any atom is -0.341 e. The maximum Gasteiger partial charge on any atom is 0.271 e. The average molecular weight is 338 g/mol. The molecule has 130 valence electrons. The molecule has 1 N–H and O–H groups in total. The highest BCUT2D eigenvalue weighted by molar-refractivity contribution is 5.97. The van der Waals surface area contributed by atoms with Gasteiger partial charge in [0, 0.05) is 37.2 Å². The molecule has 2 saturated heterocycles. The molecule has 1 spiro atoms. The van der Waals surface area contributed by atoms with Crippen LogP contribution in [-0.2, 0) is 4.79 Å². The largest absolute Gasteiger partial charge is 0.341 e. The Kier molecular flexibility index (Phi) is 3.63. The molecule has 2 aliphatic rings. The summed E-state index contributed by atoms with van der Waals surface area (Å²) >= 11 is 0. The minimum atomic E-state index is -0.133. The second-order valence-corrected chi connectivity index (χ2v) is 7.37. The van der Waals surface area contributed by atoms with Gasteiger partial charge in [-0.05, 0) is 43.5 Å². The van der Waals surface area contributed by atoms with E-state index in [1.807, 2.05) is 15.9 Å². The molecule has 2 amide bonds. The number of anilines is 1. The smallest absolute Gasteiger partial charge is 0.271 e. The monoisotopic (exact) mass is 338 g/mol. The summed E-state index contributed by atoms with van der Waals surface area (Å²) in [6.07, 6.45) is 4.43. The molecule has 25 heavy (non-hydrogen) atoms. The lowest BCUT2D eigenvalue weighted by atomic mass is 9.86. The normalized spacial score (nSPS) is 23.0. The van der Waals surface area contributed by atoms with Gasteiger partial charge in [-0.15, -0.1) is 0 Å². The average Bonchev–Trinajstić information content (AvgIpc) is 3.31. The molecule has 6 heteroatoms. The molecular weight excluding hydrogens is 316 g/mol. The second kappa shape index (κ2) is 5.72. The molecule has 1 atom stereocenters. The fourth-order valence-corrected chi connectivity index (χ4v) is 3.95. The number of rotatable bonds is 2. The van der Waals surface area contributed by atoms with Gasteiger partial charge in [0.15, 0.2) is 0 Å². The van der Waals surface area contributed by atoms with Crippen LogP contribution in [0.1, 0.15) is 34.5 Å². The predicted octanol–water partition coefficient (Wildman–Crippen LogP) is 2.30. The van der Waals surface area contributed by atoms with Crippen LogP contribution in [0.2, 0.25) is 0 Å². The molecule has 6 nitrogen and oxygen atoms in total. The Morgan fingerprint density at radius 2 is 2.08 bits per heavy atom. The van der Waals surface area contributed by atoms with Crippen LogP contribution in [0.5, 0.6) is 0 Å². The van der Waals surface area contributed by atoms with E-state index in [1.54, 1.807) is 6.20 Å². The topological polar surface area (TPSA) is 69.3 Å². The molecule has 1 aromatic heterocycles. The van der Waals surface area contributed by atoms with Gasteiger partial charge in [0.05, 0.1) is 12.5 Å². The van der Waals surface area contributed by atoms with Crippen LogP contribution in [0.4, 0.5) is 5.69 Å². The molecule has 3 heterocycles. The molecule has 2 aliphatic heterocycles. The third kappa shape index (κ3) is 2.71. The Morgan fingerprint density at radius 3 is 2.80 bits per heavy atom. The fraction of sp³-hybridized carbons (Fsp3) is 0.421. The molecule has 1 unspecified atom stereocenters. The van der Waals surface area contributed by atoms with Crippen LogP contribution >= 0.6 is 0 Å². The van der Waals surface area contributed by atoms with E-state index in [4.69, 9.17) is 0 Å². The third-order valence-electron chi connectivity index (χ3n) is 5.58. The van der Waals surface area contributed by atoms with E-state index in [-0.39, 0.29) is 17.2 Å². The first kappa shape index (κ1) is 15.9. The van der Waals surface area contributed by atoms with Crippen LogP contribution in [0, 0.1) is 19.3 Å². The zero-order chi connectivity index (χ0) is 17.6. The molecule has 0 aliphatic carbocycles. The van der Waals surface area contributed by atoms with Crippen LogP contribution < -0.4 is 4.90 Å². The van der Waals surface area contributed by atoms with Crippen LogP contribution in [0.3, 0.4) is 0 Å². The Hall–Kier alpha value is -2.63. The molecule has 2 fully saturated rings. The van der Waals surface area contributed by atoms with E-state index < -0.39 is 0 Å². The van der Waals surface area contributed by atoms with E-state index in [9.17, 15) is 9.59 Å². The van der Waals surface area contributed by atoms with Gasteiger partial charge in [-0.1, -0.05) is 6.07 Å². The molecule has 1 aromatic carbocycles. The predicted molar refractivity (Wildman–Crippen MR) is 94.4 cm³/mol. The quantitative estimate of drug-likeness (QED) is 0.913. The molecule has 4 rings (SSSR count). The minimum absolute atomic E-state index is 0.0357. The summed E-state index contributed by atoms with van der Waals surface area (Å²) in [6, 6.07) is 6.15. The summed E-state index contributed by atoms with van der Waals surface area (Å²) in [6.45, 7) is 6.13. The summed E-state index contributed by atoms with van der Waals surface area (Å²) in [4.78, 5) is 35.7. The van der Waals surface area contributed by atoms with Gasteiger partial charge in [-0.2, -0.15) is 0 Å². The Bertz CT molecular complexity index is 830. The number of amides is 2. The number of benzene rings is 1. The number of carbonyl (C=O) groups excluding carboxylic acids is 2. The number of carbonyl (C=O) groups is 2. The zero-order valence-corrected chi connectivity index (χ0v) is 14.6. The zero-order valence-electron chi connectivity index (χ0n) is 14.6. The van der Waals surface area contributed by atoms with Crippen LogP contribution in [0.15, 0.2) is 30.7 Å². The van der Waals surface area contributed by atoms with Crippen molar-refractivity contribution in [1.82, 2.24) is 14.9 Å². The molecule has 2 aromatic rings. The number of aryl methyl sites for hydroxylation is 2. The van der Waals surface area contributed by atoms with Crippen molar-refractivity contribution in [2.24, 2.45) is 5.41 Å². The second-order valence-electron chi connectivity index (χ2n) is 7.37. The summed E-state index contributed by atoms with van der Waals surface area (Å²) < 4.78 is 0. The lowest BCUT2D eigenvalue weighted by Gasteiger charge is -2.24. The highest BCUT2D eigenvalue weighted by Crippen LogP contribution is 2.42. The first-order valence-corrected chi connectivity index (χ1v) is 8.63. The van der Waals surface area contributed by atoms with E-state index in [2.05, 4.69) is 35.9 Å². The fourth-order valence-electron chi connectivity index (χ4n) is 3.95. The van der Waals surface area contributed by atoms with E-state index in [0.717, 1.165) is 12.1 Å². The summed E-state index contributed by atoms with van der Waals surface area (Å²) in [5.41, 5.74) is 3.75. The van der Waals surface area contributed by atoms with E-state index >= 15 is 0 Å². The highest BCUT2D eigenvalue weighted by atomic mass is 16.2. The number of imidazole rings is 1. The lowest BCUT2D eigenvalue weighted by molar-refractivity contribution is -0.117. The van der Waals surface area contributed by atoms with Crippen molar-refractivity contribution >= 4 is 17.5 Å². The van der Waals surface area contributed by atoms with Crippen LogP contribution in [-0.4, -0.2) is 46.3 Å². The van der Waals surface area contributed by atoms with Gasteiger partial charge >= 0.3 is 0 Å². The Labute approximate surface area is 146 Å².